The van der Waals surface area contributed by atoms with Crippen molar-refractivity contribution >= 4 is 17.7 Å². The fraction of sp³-hybridized carbons (Fsp3) is 0.417. The van der Waals surface area contributed by atoms with Gasteiger partial charge in [0.1, 0.15) is 11.9 Å². The van der Waals surface area contributed by atoms with Crippen molar-refractivity contribution in [1.29, 1.82) is 0 Å². The van der Waals surface area contributed by atoms with Gasteiger partial charge in [0.15, 0.2) is 0 Å². The minimum absolute atomic E-state index is 0.181. The molecule has 2 atom stereocenters. The molecule has 2 N–H and O–H groups in total. The summed E-state index contributed by atoms with van der Waals surface area (Å²) >= 11 is 1.04. The van der Waals surface area contributed by atoms with Gasteiger partial charge in [-0.25, -0.2) is 13.6 Å². The van der Waals surface area contributed by atoms with Crippen LogP contribution in [0.3, 0.4) is 0 Å². The van der Waals surface area contributed by atoms with Crippen LogP contribution in [0, 0.1) is 0 Å². The van der Waals surface area contributed by atoms with Gasteiger partial charge >= 0.3 is 5.97 Å². The third-order valence-corrected chi connectivity index (χ3v) is 4.18. The van der Waals surface area contributed by atoms with Crippen molar-refractivity contribution in [3.05, 3.63) is 35.9 Å². The number of nitrogens with two attached hydrogens (primary N) is 1. The Labute approximate surface area is 108 Å². The Morgan fingerprint density at radius 1 is 1.44 bits per heavy atom. The summed E-state index contributed by atoms with van der Waals surface area (Å²) in [6.45, 7) is -0.320. The molecule has 3 nitrogen and oxygen atoms in total. The van der Waals surface area contributed by atoms with Crippen LogP contribution in [0.5, 0.6) is 0 Å². The van der Waals surface area contributed by atoms with Crippen LogP contribution in [0.1, 0.15) is 10.4 Å². The molecule has 0 aromatic heterocycles. The Morgan fingerprint density at radius 2 is 2.11 bits per heavy atom. The summed E-state index contributed by atoms with van der Waals surface area (Å²) in [6.07, 6.45) is 0. The molecule has 1 heterocycles. The van der Waals surface area contributed by atoms with E-state index < -0.39 is 23.2 Å². The Kier molecular flexibility index (Phi) is 3.87. The normalized spacial score (nSPS) is 25.9. The molecule has 0 aliphatic carbocycles. The molecular formula is C12H13F2NO2S. The molecular weight excluding hydrogens is 260 g/mol. The van der Waals surface area contributed by atoms with Crippen molar-refractivity contribution in [2.45, 2.75) is 17.2 Å². The maximum atomic E-state index is 13.5. The Bertz CT molecular complexity index is 427. The zero-order valence-electron chi connectivity index (χ0n) is 9.51. The topological polar surface area (TPSA) is 52.3 Å². The second-order valence-corrected chi connectivity index (χ2v) is 5.30. The first kappa shape index (κ1) is 13.3. The Balaban J connectivity index is 1.91. The minimum Gasteiger partial charge on any atom is -0.461 e. The predicted octanol–water partition coefficient (Wildman–Crippen LogP) is 1.92. The number of thioether (sulfide) groups is 1. The number of rotatable bonds is 3. The molecule has 1 saturated heterocycles. The zero-order chi connectivity index (χ0) is 13.2. The summed E-state index contributed by atoms with van der Waals surface area (Å²) in [5.41, 5.74) is 5.66. The number of benzene rings is 1. The van der Waals surface area contributed by atoms with E-state index in [1.807, 2.05) is 0 Å². The number of carbonyl (C=O) groups excluding carboxylic acids is 1. The second-order valence-electron chi connectivity index (χ2n) is 4.07. The molecule has 2 rings (SSSR count). The summed E-state index contributed by atoms with van der Waals surface area (Å²) in [7, 11) is 0. The van der Waals surface area contributed by atoms with Crippen LogP contribution in [-0.2, 0) is 4.74 Å². The first-order chi connectivity index (χ1) is 8.51. The lowest BCUT2D eigenvalue weighted by molar-refractivity contribution is -0.0288. The molecule has 0 bridgehead atoms. The third-order valence-electron chi connectivity index (χ3n) is 2.78. The first-order valence-electron chi connectivity index (χ1n) is 5.49. The van der Waals surface area contributed by atoms with E-state index in [-0.39, 0.29) is 12.4 Å². The van der Waals surface area contributed by atoms with Gasteiger partial charge in [0.05, 0.1) is 11.6 Å². The molecule has 1 fully saturated rings. The first-order valence-corrected chi connectivity index (χ1v) is 6.54. The maximum Gasteiger partial charge on any atom is 0.338 e. The number of halogens is 2. The average Bonchev–Trinajstić information content (AvgIpc) is 2.63. The highest BCUT2D eigenvalue weighted by Crippen LogP contribution is 2.39. The van der Waals surface area contributed by atoms with Crippen LogP contribution < -0.4 is 5.73 Å². The van der Waals surface area contributed by atoms with Crippen molar-refractivity contribution in [3.8, 4) is 0 Å². The standard InChI is InChI=1S/C12H13F2NO2S/c13-12(14)9(15)7-18-10(12)6-17-11(16)8-4-2-1-3-5-8/h1-5,9-10H,6-7,15H2/t9-,10-/m1/s1. The Morgan fingerprint density at radius 3 is 2.67 bits per heavy atom. The van der Waals surface area contributed by atoms with Crippen molar-refractivity contribution < 1.29 is 18.3 Å². The highest BCUT2D eigenvalue weighted by molar-refractivity contribution is 8.00. The van der Waals surface area contributed by atoms with Crippen LogP contribution in [0.4, 0.5) is 8.78 Å². The van der Waals surface area contributed by atoms with Crippen molar-refractivity contribution in [3.63, 3.8) is 0 Å². The SMILES string of the molecule is N[C@@H]1CS[C@H](COC(=O)c2ccccc2)C1(F)F. The van der Waals surface area contributed by atoms with Crippen molar-refractivity contribution in [1.82, 2.24) is 0 Å². The van der Waals surface area contributed by atoms with Crippen molar-refractivity contribution in [2.75, 3.05) is 12.4 Å². The van der Waals surface area contributed by atoms with E-state index in [1.165, 1.54) is 0 Å². The smallest absolute Gasteiger partial charge is 0.338 e. The van der Waals surface area contributed by atoms with Gasteiger partial charge in [-0.2, -0.15) is 0 Å². The molecule has 1 aliphatic heterocycles. The molecule has 0 unspecified atom stereocenters. The number of carbonyl (C=O) groups is 1. The predicted molar refractivity (Wildman–Crippen MR) is 65.9 cm³/mol. The van der Waals surface area contributed by atoms with Gasteiger partial charge in [-0.1, -0.05) is 18.2 Å². The van der Waals surface area contributed by atoms with E-state index >= 15 is 0 Å². The van der Waals surface area contributed by atoms with Crippen LogP contribution in [0.25, 0.3) is 0 Å². The number of alkyl halides is 2. The number of hydrogen-bond donors (Lipinski definition) is 1. The number of esters is 1. The van der Waals surface area contributed by atoms with Gasteiger partial charge in [-0.3, -0.25) is 0 Å². The fourth-order valence-electron chi connectivity index (χ4n) is 1.65. The van der Waals surface area contributed by atoms with E-state index in [0.717, 1.165) is 11.8 Å². The van der Waals surface area contributed by atoms with E-state index in [0.29, 0.717) is 5.56 Å². The molecule has 0 spiro atoms. The van der Waals surface area contributed by atoms with Gasteiger partial charge in [0, 0.05) is 5.75 Å². The lowest BCUT2D eigenvalue weighted by atomic mass is 10.1. The second kappa shape index (κ2) is 5.24. The lowest BCUT2D eigenvalue weighted by Crippen LogP contribution is -2.45. The summed E-state index contributed by atoms with van der Waals surface area (Å²) in [5.74, 6) is -3.39. The monoisotopic (exact) mass is 273 g/mol. The van der Waals surface area contributed by atoms with Gasteiger partial charge in [0.25, 0.3) is 5.92 Å². The number of hydrogen-bond acceptors (Lipinski definition) is 4. The van der Waals surface area contributed by atoms with Crippen LogP contribution in [-0.4, -0.2) is 35.5 Å². The molecule has 18 heavy (non-hydrogen) atoms. The lowest BCUT2D eigenvalue weighted by Gasteiger charge is -2.20. The third kappa shape index (κ3) is 2.64. The average molecular weight is 273 g/mol. The van der Waals surface area contributed by atoms with Gasteiger partial charge in [0.2, 0.25) is 0 Å². The molecule has 1 aromatic rings. The Hall–Kier alpha value is -1.14. The van der Waals surface area contributed by atoms with E-state index in [1.54, 1.807) is 30.3 Å². The molecule has 6 heteroatoms. The largest absolute Gasteiger partial charge is 0.461 e. The summed E-state index contributed by atoms with van der Waals surface area (Å²) in [6, 6.07) is 7.12. The zero-order valence-corrected chi connectivity index (χ0v) is 10.3. The van der Waals surface area contributed by atoms with Crippen LogP contribution in [0.2, 0.25) is 0 Å². The fourth-order valence-corrected chi connectivity index (χ4v) is 2.87. The van der Waals surface area contributed by atoms with Gasteiger partial charge < -0.3 is 10.5 Å². The molecule has 0 radical (unpaired) electrons. The minimum atomic E-state index is -2.98. The highest BCUT2D eigenvalue weighted by atomic mass is 32.2. The van der Waals surface area contributed by atoms with Gasteiger partial charge in [-0.15, -0.1) is 11.8 Å². The quantitative estimate of drug-likeness (QED) is 0.855. The van der Waals surface area contributed by atoms with E-state index in [4.69, 9.17) is 10.5 Å². The van der Waals surface area contributed by atoms with E-state index in [9.17, 15) is 13.6 Å². The van der Waals surface area contributed by atoms with Gasteiger partial charge in [-0.05, 0) is 12.1 Å². The molecule has 0 saturated carbocycles. The van der Waals surface area contributed by atoms with E-state index in [2.05, 4.69) is 0 Å². The van der Waals surface area contributed by atoms with Crippen LogP contribution in [0.15, 0.2) is 30.3 Å². The summed E-state index contributed by atoms with van der Waals surface area (Å²) < 4.78 is 31.9. The summed E-state index contributed by atoms with van der Waals surface area (Å²) in [4.78, 5) is 11.6. The van der Waals surface area contributed by atoms with Crippen LogP contribution >= 0.6 is 11.8 Å². The molecule has 98 valence electrons. The summed E-state index contributed by atoms with van der Waals surface area (Å²) in [5, 5.41) is -1.06. The molecule has 1 aliphatic rings. The molecule has 0 amide bonds. The van der Waals surface area contributed by atoms with Crippen molar-refractivity contribution in [2.24, 2.45) is 5.73 Å². The molecule has 1 aromatic carbocycles. The highest BCUT2D eigenvalue weighted by Gasteiger charge is 2.51. The maximum absolute atomic E-state index is 13.5. The number of ether oxygens (including phenoxy) is 1.